The highest BCUT2D eigenvalue weighted by molar-refractivity contribution is 5.04. The Morgan fingerprint density at radius 1 is 1.33 bits per heavy atom. The van der Waals surface area contributed by atoms with Crippen LogP contribution in [-0.2, 0) is 0 Å². The van der Waals surface area contributed by atoms with Crippen LogP contribution in [0.3, 0.4) is 0 Å². The second kappa shape index (κ2) is 5.95. The third-order valence-corrected chi connectivity index (χ3v) is 6.92. The maximum atomic E-state index is 10.4. The van der Waals surface area contributed by atoms with Crippen molar-refractivity contribution in [1.29, 1.82) is 0 Å². The molecule has 21 heavy (non-hydrogen) atoms. The molecule has 2 heteroatoms. The Labute approximate surface area is 130 Å². The van der Waals surface area contributed by atoms with E-state index in [0.717, 1.165) is 12.8 Å². The van der Waals surface area contributed by atoms with Crippen molar-refractivity contribution >= 4 is 0 Å². The lowest BCUT2D eigenvalue weighted by Crippen LogP contribution is -2.43. The van der Waals surface area contributed by atoms with Crippen LogP contribution in [0.1, 0.15) is 73.1 Å². The molecule has 0 aromatic rings. The van der Waals surface area contributed by atoms with Crippen LogP contribution in [0.25, 0.3) is 0 Å². The standard InChI is InChI=1S/C19H34O2/c1-13(20)10-12-18(3,4)14(2)15-8-9-16-17(21)7-6-11-19(15,16)5/h10,14-17,20-21H,6-9,11-12H2,1-5H3/b13-10+/t14-,15?,16?,17+,19-/m1/s1. The molecule has 2 aliphatic rings. The van der Waals surface area contributed by atoms with E-state index in [1.165, 1.54) is 25.7 Å². The van der Waals surface area contributed by atoms with Crippen molar-refractivity contribution in [2.24, 2.45) is 28.6 Å². The highest BCUT2D eigenvalue weighted by atomic mass is 16.3. The van der Waals surface area contributed by atoms with Gasteiger partial charge in [0, 0.05) is 0 Å². The van der Waals surface area contributed by atoms with Crippen molar-refractivity contribution in [2.45, 2.75) is 79.2 Å². The molecule has 0 heterocycles. The van der Waals surface area contributed by atoms with E-state index in [-0.39, 0.29) is 11.5 Å². The largest absolute Gasteiger partial charge is 0.513 e. The van der Waals surface area contributed by atoms with E-state index in [9.17, 15) is 10.2 Å². The third-order valence-electron chi connectivity index (χ3n) is 6.92. The van der Waals surface area contributed by atoms with Gasteiger partial charge in [-0.15, -0.1) is 0 Å². The Bertz CT molecular complexity index is 394. The molecule has 2 aliphatic carbocycles. The summed E-state index contributed by atoms with van der Waals surface area (Å²) in [6.07, 6.45) is 8.70. The molecule has 2 nitrogen and oxygen atoms in total. The molecule has 0 aromatic carbocycles. The lowest BCUT2D eigenvalue weighted by Gasteiger charge is -2.48. The van der Waals surface area contributed by atoms with Crippen molar-refractivity contribution in [2.75, 3.05) is 0 Å². The topological polar surface area (TPSA) is 40.5 Å². The highest BCUT2D eigenvalue weighted by Crippen LogP contribution is 2.60. The van der Waals surface area contributed by atoms with Crippen LogP contribution >= 0.6 is 0 Å². The highest BCUT2D eigenvalue weighted by Gasteiger charge is 2.53. The molecule has 0 saturated heterocycles. The molecular formula is C19H34O2. The molecule has 2 N–H and O–H groups in total. The minimum Gasteiger partial charge on any atom is -0.513 e. The molecule has 0 aromatic heterocycles. The molecule has 5 atom stereocenters. The lowest BCUT2D eigenvalue weighted by atomic mass is 9.57. The van der Waals surface area contributed by atoms with Crippen LogP contribution in [0.4, 0.5) is 0 Å². The summed E-state index contributed by atoms with van der Waals surface area (Å²) >= 11 is 0. The summed E-state index contributed by atoms with van der Waals surface area (Å²) in [5.41, 5.74) is 0.501. The molecule has 0 bridgehead atoms. The SMILES string of the molecule is C/C(O)=C\CC(C)(C)[C@H](C)C1CCC2[C@@H](O)CCC[C@]12C. The van der Waals surface area contributed by atoms with Crippen molar-refractivity contribution in [3.8, 4) is 0 Å². The number of aliphatic hydroxyl groups excluding tert-OH is 2. The Morgan fingerprint density at radius 3 is 2.62 bits per heavy atom. The van der Waals surface area contributed by atoms with E-state index in [1.807, 2.05) is 6.08 Å². The van der Waals surface area contributed by atoms with Gasteiger partial charge in [0.05, 0.1) is 11.9 Å². The normalized spacial score (nSPS) is 39.1. The van der Waals surface area contributed by atoms with Gasteiger partial charge in [-0.05, 0) is 73.7 Å². The van der Waals surface area contributed by atoms with Crippen LogP contribution in [0.5, 0.6) is 0 Å². The third kappa shape index (κ3) is 3.16. The molecule has 2 fully saturated rings. The molecule has 2 saturated carbocycles. The summed E-state index contributed by atoms with van der Waals surface area (Å²) in [5.74, 6) is 2.23. The number of hydrogen-bond donors (Lipinski definition) is 2. The van der Waals surface area contributed by atoms with Gasteiger partial charge in [-0.1, -0.05) is 34.1 Å². The molecule has 0 amide bonds. The summed E-state index contributed by atoms with van der Waals surface area (Å²) in [5, 5.41) is 19.8. The van der Waals surface area contributed by atoms with Gasteiger partial charge in [-0.2, -0.15) is 0 Å². The van der Waals surface area contributed by atoms with Gasteiger partial charge in [0.15, 0.2) is 0 Å². The monoisotopic (exact) mass is 294 g/mol. The van der Waals surface area contributed by atoms with Crippen LogP contribution in [0.2, 0.25) is 0 Å². The van der Waals surface area contributed by atoms with Gasteiger partial charge < -0.3 is 10.2 Å². The molecular weight excluding hydrogens is 260 g/mol. The zero-order chi connectivity index (χ0) is 15.8. The van der Waals surface area contributed by atoms with E-state index in [2.05, 4.69) is 27.7 Å². The first-order chi connectivity index (χ1) is 9.68. The van der Waals surface area contributed by atoms with E-state index < -0.39 is 0 Å². The molecule has 2 unspecified atom stereocenters. The Kier molecular flexibility index (Phi) is 4.78. The van der Waals surface area contributed by atoms with E-state index in [1.54, 1.807) is 6.92 Å². The smallest absolute Gasteiger partial charge is 0.0852 e. The first kappa shape index (κ1) is 16.9. The minimum atomic E-state index is -0.0800. The maximum Gasteiger partial charge on any atom is 0.0852 e. The van der Waals surface area contributed by atoms with Gasteiger partial charge in [0.2, 0.25) is 0 Å². The van der Waals surface area contributed by atoms with Crippen molar-refractivity contribution in [1.82, 2.24) is 0 Å². The van der Waals surface area contributed by atoms with Gasteiger partial charge in [-0.3, -0.25) is 0 Å². The first-order valence-electron chi connectivity index (χ1n) is 8.72. The van der Waals surface area contributed by atoms with E-state index >= 15 is 0 Å². The number of allylic oxidation sites excluding steroid dienone is 2. The first-order valence-corrected chi connectivity index (χ1v) is 8.72. The van der Waals surface area contributed by atoms with Crippen LogP contribution < -0.4 is 0 Å². The second-order valence-electron chi connectivity index (χ2n) is 8.58. The van der Waals surface area contributed by atoms with Crippen LogP contribution in [-0.4, -0.2) is 16.3 Å². The van der Waals surface area contributed by atoms with E-state index in [4.69, 9.17) is 0 Å². The summed E-state index contributed by atoms with van der Waals surface area (Å²) < 4.78 is 0. The summed E-state index contributed by atoms with van der Waals surface area (Å²) in [4.78, 5) is 0. The zero-order valence-corrected chi connectivity index (χ0v) is 14.5. The number of hydrogen-bond acceptors (Lipinski definition) is 2. The molecule has 0 spiro atoms. The summed E-state index contributed by atoms with van der Waals surface area (Å²) in [7, 11) is 0. The van der Waals surface area contributed by atoms with Crippen molar-refractivity contribution < 1.29 is 10.2 Å². The summed E-state index contributed by atoms with van der Waals surface area (Å²) in [6.45, 7) is 11.2. The van der Waals surface area contributed by atoms with Crippen molar-refractivity contribution in [3.63, 3.8) is 0 Å². The predicted molar refractivity (Wildman–Crippen MR) is 88.1 cm³/mol. The van der Waals surface area contributed by atoms with Crippen LogP contribution in [0.15, 0.2) is 11.8 Å². The Morgan fingerprint density at radius 2 is 2.00 bits per heavy atom. The van der Waals surface area contributed by atoms with Gasteiger partial charge in [0.1, 0.15) is 0 Å². The number of rotatable bonds is 4. The molecule has 122 valence electrons. The molecule has 2 rings (SSSR count). The number of aliphatic hydroxyl groups is 2. The minimum absolute atomic E-state index is 0.0800. The van der Waals surface area contributed by atoms with E-state index in [0.29, 0.717) is 28.9 Å². The lowest BCUT2D eigenvalue weighted by molar-refractivity contribution is -0.0407. The average molecular weight is 294 g/mol. The van der Waals surface area contributed by atoms with Gasteiger partial charge in [-0.25, -0.2) is 0 Å². The quantitative estimate of drug-likeness (QED) is 0.710. The van der Waals surface area contributed by atoms with Crippen molar-refractivity contribution in [3.05, 3.63) is 11.8 Å². The fourth-order valence-electron chi connectivity index (χ4n) is 5.15. The summed E-state index contributed by atoms with van der Waals surface area (Å²) in [6, 6.07) is 0. The zero-order valence-electron chi connectivity index (χ0n) is 14.5. The molecule has 0 radical (unpaired) electrons. The second-order valence-corrected chi connectivity index (χ2v) is 8.58. The maximum absolute atomic E-state index is 10.4. The van der Waals surface area contributed by atoms with Gasteiger partial charge >= 0.3 is 0 Å². The number of fused-ring (bicyclic) bond motifs is 1. The molecule has 0 aliphatic heterocycles. The van der Waals surface area contributed by atoms with Crippen LogP contribution in [0, 0.1) is 28.6 Å². The predicted octanol–water partition coefficient (Wildman–Crippen LogP) is 5.08. The fourth-order valence-corrected chi connectivity index (χ4v) is 5.15. The fraction of sp³-hybridized carbons (Fsp3) is 0.895. The Balaban J connectivity index is 2.15. The average Bonchev–Trinajstić information content (AvgIpc) is 2.74. The Hall–Kier alpha value is -0.500. The van der Waals surface area contributed by atoms with Gasteiger partial charge in [0.25, 0.3) is 0 Å².